The third-order valence-electron chi connectivity index (χ3n) is 6.30. The van der Waals surface area contributed by atoms with Gasteiger partial charge in [-0.25, -0.2) is 4.79 Å². The first-order chi connectivity index (χ1) is 14.7. The van der Waals surface area contributed by atoms with Gasteiger partial charge < -0.3 is 20.1 Å². The zero-order valence-electron chi connectivity index (χ0n) is 16.7. The zero-order chi connectivity index (χ0) is 20.3. The molecule has 1 fully saturated rings. The Morgan fingerprint density at radius 1 is 1.03 bits per heavy atom. The summed E-state index contributed by atoms with van der Waals surface area (Å²) in [6.07, 6.45) is 1.05. The van der Waals surface area contributed by atoms with Crippen LogP contribution in [0, 0.1) is 6.92 Å². The molecule has 0 bridgehead atoms. The molecule has 0 aromatic heterocycles. The van der Waals surface area contributed by atoms with Crippen LogP contribution in [-0.2, 0) is 10.3 Å². The van der Waals surface area contributed by atoms with Crippen LogP contribution in [0.25, 0.3) is 0 Å². The van der Waals surface area contributed by atoms with Crippen LogP contribution < -0.4 is 15.4 Å². The van der Waals surface area contributed by atoms with Gasteiger partial charge >= 0.3 is 5.97 Å². The molecule has 5 nitrogen and oxygen atoms in total. The molecule has 3 aliphatic rings. The highest BCUT2D eigenvalue weighted by Gasteiger charge is 2.54. The lowest BCUT2D eigenvalue weighted by Gasteiger charge is -2.38. The SMILES string of the molecule is Cc1ccc2c(c1)C1(OC(=O)c3ccccc31)c1c(NC3CCNC3)cccc1O2. The minimum atomic E-state index is -1.03. The number of fused-ring (bicyclic) bond motifs is 6. The van der Waals surface area contributed by atoms with Gasteiger partial charge in [-0.2, -0.15) is 0 Å². The van der Waals surface area contributed by atoms with Crippen molar-refractivity contribution in [3.8, 4) is 11.5 Å². The number of hydrogen-bond acceptors (Lipinski definition) is 5. The molecule has 0 saturated carbocycles. The fraction of sp³-hybridized carbons (Fsp3) is 0.240. The molecule has 0 radical (unpaired) electrons. The van der Waals surface area contributed by atoms with E-state index in [9.17, 15) is 4.79 Å². The van der Waals surface area contributed by atoms with Crippen molar-refractivity contribution >= 4 is 11.7 Å². The smallest absolute Gasteiger partial charge is 0.340 e. The van der Waals surface area contributed by atoms with Crippen LogP contribution >= 0.6 is 0 Å². The van der Waals surface area contributed by atoms with Crippen molar-refractivity contribution in [2.45, 2.75) is 25.0 Å². The van der Waals surface area contributed by atoms with Crippen molar-refractivity contribution in [1.29, 1.82) is 0 Å². The first-order valence-corrected chi connectivity index (χ1v) is 10.4. The van der Waals surface area contributed by atoms with E-state index in [1.54, 1.807) is 0 Å². The first kappa shape index (κ1) is 17.5. The van der Waals surface area contributed by atoms with E-state index in [4.69, 9.17) is 9.47 Å². The van der Waals surface area contributed by atoms with Crippen molar-refractivity contribution in [2.75, 3.05) is 18.4 Å². The standard InChI is InChI=1S/C25H22N2O3/c1-15-9-10-21-19(13-15)25(18-6-3-2-5-17(18)24(28)30-25)23-20(7-4-8-22(23)29-21)27-16-11-12-26-14-16/h2-10,13,16,26-27H,11-12,14H2,1H3. The Balaban J connectivity index is 1.65. The average molecular weight is 398 g/mol. The van der Waals surface area contributed by atoms with Gasteiger partial charge in [-0.1, -0.05) is 35.9 Å². The summed E-state index contributed by atoms with van der Waals surface area (Å²) in [4.78, 5) is 13.0. The van der Waals surface area contributed by atoms with Crippen LogP contribution in [0.2, 0.25) is 0 Å². The number of ether oxygens (including phenoxy) is 2. The van der Waals surface area contributed by atoms with Gasteiger partial charge in [0, 0.05) is 29.4 Å². The van der Waals surface area contributed by atoms with Gasteiger partial charge in [0.15, 0.2) is 5.60 Å². The zero-order valence-corrected chi connectivity index (χ0v) is 16.7. The van der Waals surface area contributed by atoms with E-state index in [-0.39, 0.29) is 5.97 Å². The highest BCUT2D eigenvalue weighted by molar-refractivity contribution is 5.97. The summed E-state index contributed by atoms with van der Waals surface area (Å²) in [6, 6.07) is 20.0. The Labute approximate surface area is 175 Å². The number of aryl methyl sites for hydroxylation is 1. The summed E-state index contributed by atoms with van der Waals surface area (Å²) < 4.78 is 12.6. The summed E-state index contributed by atoms with van der Waals surface area (Å²) in [7, 11) is 0. The van der Waals surface area contributed by atoms with Crippen LogP contribution in [0.1, 0.15) is 39.0 Å². The fourth-order valence-corrected chi connectivity index (χ4v) is 4.96. The normalized spacial score (nSPS) is 23.4. The molecule has 0 aliphatic carbocycles. The third-order valence-corrected chi connectivity index (χ3v) is 6.30. The highest BCUT2D eigenvalue weighted by Crippen LogP contribution is 2.58. The van der Waals surface area contributed by atoms with Gasteiger partial charge in [0.25, 0.3) is 0 Å². The van der Waals surface area contributed by atoms with Crippen LogP contribution in [-0.4, -0.2) is 25.1 Å². The molecule has 1 saturated heterocycles. The second kappa shape index (κ2) is 6.34. The van der Waals surface area contributed by atoms with Crippen LogP contribution in [0.4, 0.5) is 5.69 Å². The molecule has 0 amide bonds. The first-order valence-electron chi connectivity index (χ1n) is 10.4. The van der Waals surface area contributed by atoms with E-state index in [1.807, 2.05) is 55.5 Å². The molecule has 3 aromatic carbocycles. The maximum atomic E-state index is 13.0. The molecular weight excluding hydrogens is 376 g/mol. The summed E-state index contributed by atoms with van der Waals surface area (Å²) >= 11 is 0. The van der Waals surface area contributed by atoms with Gasteiger partial charge in [0.2, 0.25) is 0 Å². The number of carbonyl (C=O) groups is 1. The van der Waals surface area contributed by atoms with Gasteiger partial charge in [0.1, 0.15) is 11.5 Å². The number of hydrogen-bond donors (Lipinski definition) is 2. The van der Waals surface area contributed by atoms with E-state index < -0.39 is 5.60 Å². The summed E-state index contributed by atoms with van der Waals surface area (Å²) in [5, 5.41) is 7.08. The number of carbonyl (C=O) groups excluding carboxylic acids is 1. The maximum absolute atomic E-state index is 13.0. The molecule has 3 aliphatic heterocycles. The second-order valence-electron chi connectivity index (χ2n) is 8.23. The van der Waals surface area contributed by atoms with Gasteiger partial charge in [-0.3, -0.25) is 0 Å². The lowest BCUT2D eigenvalue weighted by atomic mass is 9.76. The highest BCUT2D eigenvalue weighted by atomic mass is 16.6. The monoisotopic (exact) mass is 398 g/mol. The molecule has 3 aromatic rings. The van der Waals surface area contributed by atoms with E-state index in [1.165, 1.54) is 0 Å². The van der Waals surface area contributed by atoms with Crippen LogP contribution in [0.15, 0.2) is 60.7 Å². The fourth-order valence-electron chi connectivity index (χ4n) is 4.96. The Morgan fingerprint density at radius 2 is 1.93 bits per heavy atom. The van der Waals surface area contributed by atoms with Crippen LogP contribution in [0.5, 0.6) is 11.5 Å². The minimum absolute atomic E-state index is 0.303. The van der Waals surface area contributed by atoms with Crippen LogP contribution in [0.3, 0.4) is 0 Å². The minimum Gasteiger partial charge on any atom is -0.456 e. The number of anilines is 1. The van der Waals surface area contributed by atoms with E-state index in [0.717, 1.165) is 53.2 Å². The van der Waals surface area contributed by atoms with Gasteiger partial charge in [-0.15, -0.1) is 0 Å². The predicted octanol–water partition coefficient (Wildman–Crippen LogP) is 4.34. The lowest BCUT2D eigenvalue weighted by Crippen LogP contribution is -2.35. The lowest BCUT2D eigenvalue weighted by molar-refractivity contribution is 0.0226. The maximum Gasteiger partial charge on any atom is 0.340 e. The number of benzene rings is 3. The summed E-state index contributed by atoms with van der Waals surface area (Å²) in [5.74, 6) is 1.13. The topological polar surface area (TPSA) is 59.6 Å². The second-order valence-corrected chi connectivity index (χ2v) is 8.23. The molecule has 2 unspecified atom stereocenters. The Hall–Kier alpha value is -3.31. The van der Waals surface area contributed by atoms with Gasteiger partial charge in [0.05, 0.1) is 11.1 Å². The Bertz CT molecular complexity index is 1180. The molecular formula is C25H22N2O3. The van der Waals surface area contributed by atoms with Gasteiger partial charge in [-0.05, 0) is 50.2 Å². The molecule has 5 heteroatoms. The predicted molar refractivity (Wildman–Crippen MR) is 114 cm³/mol. The van der Waals surface area contributed by atoms with E-state index in [0.29, 0.717) is 17.4 Å². The Morgan fingerprint density at radius 3 is 2.80 bits per heavy atom. The number of nitrogens with one attached hydrogen (secondary N) is 2. The van der Waals surface area contributed by atoms with Crippen molar-refractivity contribution < 1.29 is 14.3 Å². The third kappa shape index (κ3) is 2.36. The molecule has 1 spiro atoms. The number of esters is 1. The van der Waals surface area contributed by atoms with E-state index in [2.05, 4.69) is 22.8 Å². The van der Waals surface area contributed by atoms with E-state index >= 15 is 0 Å². The molecule has 150 valence electrons. The molecule has 2 atom stereocenters. The molecule has 6 rings (SSSR count). The molecule has 3 heterocycles. The van der Waals surface area contributed by atoms with Crippen molar-refractivity contribution in [1.82, 2.24) is 5.32 Å². The molecule has 2 N–H and O–H groups in total. The summed E-state index contributed by atoms with van der Waals surface area (Å²) in [6.45, 7) is 3.94. The summed E-state index contributed by atoms with van der Waals surface area (Å²) in [5.41, 5.74) is 4.21. The van der Waals surface area contributed by atoms with Crippen molar-refractivity contribution in [2.24, 2.45) is 0 Å². The van der Waals surface area contributed by atoms with Crippen molar-refractivity contribution in [3.63, 3.8) is 0 Å². The largest absolute Gasteiger partial charge is 0.456 e. The quantitative estimate of drug-likeness (QED) is 0.629. The molecule has 30 heavy (non-hydrogen) atoms. The average Bonchev–Trinajstić information content (AvgIpc) is 3.36. The Kier molecular flexibility index (Phi) is 3.71. The number of rotatable bonds is 2. The van der Waals surface area contributed by atoms with Crippen molar-refractivity contribution in [3.05, 3.63) is 88.5 Å².